The quantitative estimate of drug-likeness (QED) is 0.564. The molecule has 146 valence electrons. The highest BCUT2D eigenvalue weighted by Gasteiger charge is 2.29. The van der Waals surface area contributed by atoms with E-state index >= 15 is 0 Å². The summed E-state index contributed by atoms with van der Waals surface area (Å²) < 4.78 is 7.41. The van der Waals surface area contributed by atoms with Crippen molar-refractivity contribution in [2.45, 2.75) is 19.4 Å². The van der Waals surface area contributed by atoms with Gasteiger partial charge < -0.3 is 15.4 Å². The largest absolute Gasteiger partial charge is 0.478 e. The monoisotopic (exact) mass is 400 g/mol. The maximum Gasteiger partial charge on any atom is 0.263 e. The maximum absolute atomic E-state index is 12.4. The highest BCUT2D eigenvalue weighted by molar-refractivity contribution is 6.30. The second kappa shape index (κ2) is 8.71. The van der Waals surface area contributed by atoms with Crippen LogP contribution in [-0.2, 0) is 4.79 Å². The van der Waals surface area contributed by atoms with Gasteiger partial charge in [-0.05, 0) is 44.2 Å². The van der Waals surface area contributed by atoms with Gasteiger partial charge in [-0.25, -0.2) is 14.6 Å². The molecular formula is C19H21ClN6O2. The molecule has 0 radical (unpaired) electrons. The molecule has 0 saturated carbocycles. The van der Waals surface area contributed by atoms with Gasteiger partial charge in [-0.2, -0.15) is 5.10 Å². The molecule has 0 aliphatic carbocycles. The van der Waals surface area contributed by atoms with Crippen LogP contribution in [0, 0.1) is 0 Å². The van der Waals surface area contributed by atoms with E-state index in [9.17, 15) is 4.79 Å². The van der Waals surface area contributed by atoms with Gasteiger partial charge in [-0.15, -0.1) is 0 Å². The number of nitrogens with zero attached hydrogens (tertiary/aromatic N) is 4. The van der Waals surface area contributed by atoms with Crippen molar-refractivity contribution in [1.29, 1.82) is 0 Å². The van der Waals surface area contributed by atoms with Crippen molar-refractivity contribution in [3.63, 3.8) is 0 Å². The van der Waals surface area contributed by atoms with E-state index in [-0.39, 0.29) is 5.91 Å². The van der Waals surface area contributed by atoms with E-state index in [4.69, 9.17) is 16.3 Å². The van der Waals surface area contributed by atoms with E-state index in [1.165, 1.54) is 6.33 Å². The molecule has 0 spiro atoms. The van der Waals surface area contributed by atoms with Gasteiger partial charge >= 0.3 is 0 Å². The van der Waals surface area contributed by atoms with Gasteiger partial charge in [0.15, 0.2) is 11.4 Å². The average Bonchev–Trinajstić information content (AvgIpc) is 3.22. The zero-order valence-corrected chi connectivity index (χ0v) is 16.3. The Morgan fingerprint density at radius 3 is 2.71 bits per heavy atom. The number of benzene rings is 1. The number of carbonyl (C=O) groups is 1. The van der Waals surface area contributed by atoms with Crippen molar-refractivity contribution in [3.05, 3.63) is 60.1 Å². The summed E-state index contributed by atoms with van der Waals surface area (Å²) in [7, 11) is 0. The first kappa shape index (κ1) is 19.6. The van der Waals surface area contributed by atoms with Gasteiger partial charge in [0.25, 0.3) is 5.91 Å². The molecule has 0 saturated heterocycles. The number of amides is 1. The molecule has 3 rings (SSSR count). The minimum absolute atomic E-state index is 0.218. The van der Waals surface area contributed by atoms with Crippen LogP contribution in [0.2, 0.25) is 5.02 Å². The first-order chi connectivity index (χ1) is 13.4. The maximum atomic E-state index is 12.4. The van der Waals surface area contributed by atoms with Gasteiger partial charge in [0.05, 0.1) is 0 Å². The lowest BCUT2D eigenvalue weighted by Crippen LogP contribution is -2.47. The van der Waals surface area contributed by atoms with Gasteiger partial charge in [0.1, 0.15) is 17.9 Å². The summed E-state index contributed by atoms with van der Waals surface area (Å²) in [4.78, 5) is 20.8. The zero-order valence-electron chi connectivity index (χ0n) is 15.6. The second-order valence-corrected chi connectivity index (χ2v) is 6.90. The molecule has 8 nitrogen and oxygen atoms in total. The van der Waals surface area contributed by atoms with E-state index in [1.54, 1.807) is 61.3 Å². The average molecular weight is 401 g/mol. The lowest BCUT2D eigenvalue weighted by molar-refractivity contribution is -0.134. The summed E-state index contributed by atoms with van der Waals surface area (Å²) in [6.45, 7) is 4.34. The minimum atomic E-state index is -1.02. The zero-order chi connectivity index (χ0) is 20.0. The number of aromatic nitrogens is 4. The Bertz CT molecular complexity index is 912. The van der Waals surface area contributed by atoms with Gasteiger partial charge in [-0.3, -0.25) is 4.79 Å². The SMILES string of the molecule is CC(C)(Oc1ccc(Cl)cc1)C(=O)NCCNc1cc(-n2cccn2)ncn1. The Morgan fingerprint density at radius 1 is 1.21 bits per heavy atom. The van der Waals surface area contributed by atoms with Gasteiger partial charge in [0, 0.05) is 36.6 Å². The molecule has 0 atom stereocenters. The summed E-state index contributed by atoms with van der Waals surface area (Å²) in [6, 6.07) is 10.5. The second-order valence-electron chi connectivity index (χ2n) is 6.46. The van der Waals surface area contributed by atoms with Crippen molar-refractivity contribution < 1.29 is 9.53 Å². The van der Waals surface area contributed by atoms with Crippen LogP contribution in [0.25, 0.3) is 5.82 Å². The standard InChI is InChI=1S/C19H21ClN6O2/c1-19(2,28-15-6-4-14(20)5-7-15)18(27)22-10-9-21-16-12-17(24-13-23-16)26-11-3-8-25-26/h3-8,11-13H,9-10H2,1-2H3,(H,22,27)(H,21,23,24). The van der Waals surface area contributed by atoms with Crippen LogP contribution in [0.1, 0.15) is 13.8 Å². The smallest absolute Gasteiger partial charge is 0.263 e. The molecule has 0 bridgehead atoms. The van der Waals surface area contributed by atoms with Crippen LogP contribution in [-0.4, -0.2) is 44.3 Å². The van der Waals surface area contributed by atoms with E-state index in [0.717, 1.165) is 0 Å². The van der Waals surface area contributed by atoms with Gasteiger partial charge in [0.2, 0.25) is 0 Å². The molecule has 0 aliphatic heterocycles. The lowest BCUT2D eigenvalue weighted by atomic mass is 10.1. The molecule has 2 N–H and O–H groups in total. The molecule has 0 fully saturated rings. The third-order valence-electron chi connectivity index (χ3n) is 3.84. The first-order valence-corrected chi connectivity index (χ1v) is 9.11. The number of hydrogen-bond donors (Lipinski definition) is 2. The molecule has 1 amide bonds. The van der Waals surface area contributed by atoms with E-state index in [0.29, 0.717) is 35.5 Å². The molecule has 1 aromatic carbocycles. The molecule has 2 aromatic heterocycles. The number of nitrogens with one attached hydrogen (secondary N) is 2. The molecule has 2 heterocycles. The van der Waals surface area contributed by atoms with Crippen LogP contribution in [0.15, 0.2) is 55.1 Å². The fourth-order valence-corrected chi connectivity index (χ4v) is 2.52. The van der Waals surface area contributed by atoms with E-state index in [2.05, 4.69) is 25.7 Å². The Labute approximate surface area is 167 Å². The molecule has 9 heteroatoms. The number of anilines is 1. The predicted octanol–water partition coefficient (Wildman–Crippen LogP) is 2.70. The summed E-state index contributed by atoms with van der Waals surface area (Å²) in [5.41, 5.74) is -1.02. The Hall–Kier alpha value is -3.13. The summed E-state index contributed by atoms with van der Waals surface area (Å²) in [5.74, 6) is 1.66. The molecule has 0 aliphatic rings. The van der Waals surface area contributed by atoms with Crippen LogP contribution in [0.3, 0.4) is 0 Å². The number of ether oxygens (including phenoxy) is 1. The van der Waals surface area contributed by atoms with E-state index in [1.807, 2.05) is 6.07 Å². The first-order valence-electron chi connectivity index (χ1n) is 8.73. The third kappa shape index (κ3) is 5.20. The number of halogens is 1. The van der Waals surface area contributed by atoms with Crippen molar-refractivity contribution >= 4 is 23.3 Å². The van der Waals surface area contributed by atoms with Crippen molar-refractivity contribution in [3.8, 4) is 11.6 Å². The summed E-state index contributed by atoms with van der Waals surface area (Å²) >= 11 is 5.86. The Morgan fingerprint density at radius 2 is 2.00 bits per heavy atom. The van der Waals surface area contributed by atoms with Crippen LogP contribution in [0.4, 0.5) is 5.82 Å². The minimum Gasteiger partial charge on any atom is -0.478 e. The lowest BCUT2D eigenvalue weighted by Gasteiger charge is -2.25. The summed E-state index contributed by atoms with van der Waals surface area (Å²) in [5, 5.41) is 10.7. The number of carbonyl (C=O) groups excluding carboxylic acids is 1. The highest BCUT2D eigenvalue weighted by atomic mass is 35.5. The molecule has 0 unspecified atom stereocenters. The third-order valence-corrected chi connectivity index (χ3v) is 4.09. The Balaban J connectivity index is 1.47. The van der Waals surface area contributed by atoms with Crippen molar-refractivity contribution in [1.82, 2.24) is 25.1 Å². The van der Waals surface area contributed by atoms with E-state index < -0.39 is 5.60 Å². The number of hydrogen-bond acceptors (Lipinski definition) is 6. The van der Waals surface area contributed by atoms with Crippen molar-refractivity contribution in [2.75, 3.05) is 18.4 Å². The summed E-state index contributed by atoms with van der Waals surface area (Å²) in [6.07, 6.45) is 4.94. The van der Waals surface area contributed by atoms with Crippen LogP contribution < -0.4 is 15.4 Å². The predicted molar refractivity (Wildman–Crippen MR) is 107 cm³/mol. The highest BCUT2D eigenvalue weighted by Crippen LogP contribution is 2.21. The topological polar surface area (TPSA) is 94.0 Å². The normalized spacial score (nSPS) is 11.1. The number of rotatable bonds is 8. The van der Waals surface area contributed by atoms with Crippen LogP contribution in [0.5, 0.6) is 5.75 Å². The Kier molecular flexibility index (Phi) is 6.10. The molecular weight excluding hydrogens is 380 g/mol. The fourth-order valence-electron chi connectivity index (χ4n) is 2.40. The molecule has 3 aromatic rings. The molecule has 28 heavy (non-hydrogen) atoms. The van der Waals surface area contributed by atoms with Crippen LogP contribution >= 0.6 is 11.6 Å². The fraction of sp³-hybridized carbons (Fsp3) is 0.263. The van der Waals surface area contributed by atoms with Gasteiger partial charge in [-0.1, -0.05) is 11.6 Å². The van der Waals surface area contributed by atoms with Crippen molar-refractivity contribution in [2.24, 2.45) is 0 Å².